The second-order valence-corrected chi connectivity index (χ2v) is 4.90. The Hall–Kier alpha value is -1.58. The Kier molecular flexibility index (Phi) is 3.94. The van der Waals surface area contributed by atoms with Gasteiger partial charge >= 0.3 is 21.7 Å². The van der Waals surface area contributed by atoms with E-state index in [-0.39, 0.29) is 5.56 Å². The van der Waals surface area contributed by atoms with Gasteiger partial charge in [0.25, 0.3) is 0 Å². The fourth-order valence-corrected chi connectivity index (χ4v) is 1.33. The van der Waals surface area contributed by atoms with Crippen molar-refractivity contribution >= 4 is 16.2 Å². The molecular formula is C9H5F6NO2S. The summed E-state index contributed by atoms with van der Waals surface area (Å²) in [7, 11) is -5.69. The second kappa shape index (κ2) is 4.83. The maximum Gasteiger partial charge on any atom is 0.518 e. The van der Waals surface area contributed by atoms with Crippen molar-refractivity contribution in [2.75, 3.05) is 0 Å². The van der Waals surface area contributed by atoms with Gasteiger partial charge in [-0.3, -0.25) is 0 Å². The molecule has 19 heavy (non-hydrogen) atoms. The van der Waals surface area contributed by atoms with Gasteiger partial charge in [-0.05, 0) is 17.7 Å². The molecule has 0 N–H and O–H groups in total. The highest BCUT2D eigenvalue weighted by Gasteiger charge is 2.45. The van der Waals surface area contributed by atoms with Gasteiger partial charge in [0.05, 0.1) is 5.56 Å². The zero-order valence-corrected chi connectivity index (χ0v) is 9.64. The molecule has 0 unspecified atom stereocenters. The summed E-state index contributed by atoms with van der Waals surface area (Å²) in [5.41, 5.74) is -6.76. The molecule has 0 spiro atoms. The van der Waals surface area contributed by atoms with Crippen LogP contribution in [0.25, 0.3) is 0 Å². The van der Waals surface area contributed by atoms with Crippen LogP contribution in [0.1, 0.15) is 11.1 Å². The van der Waals surface area contributed by atoms with E-state index in [1.54, 1.807) is 0 Å². The molecule has 0 aliphatic carbocycles. The molecule has 0 aromatic heterocycles. The monoisotopic (exact) mass is 305 g/mol. The van der Waals surface area contributed by atoms with Gasteiger partial charge in [0, 0.05) is 6.21 Å². The van der Waals surface area contributed by atoms with Crippen molar-refractivity contribution in [1.82, 2.24) is 0 Å². The summed E-state index contributed by atoms with van der Waals surface area (Å²) in [5.74, 6) is 0. The molecule has 0 fully saturated rings. The predicted octanol–water partition coefficient (Wildman–Crippen LogP) is 2.97. The van der Waals surface area contributed by atoms with Gasteiger partial charge in [-0.2, -0.15) is 39.2 Å². The van der Waals surface area contributed by atoms with Gasteiger partial charge in [-0.25, -0.2) is 0 Å². The topological polar surface area (TPSA) is 46.5 Å². The largest absolute Gasteiger partial charge is 0.518 e. The van der Waals surface area contributed by atoms with Crippen LogP contribution in [0.2, 0.25) is 0 Å². The van der Waals surface area contributed by atoms with Crippen LogP contribution in [0, 0.1) is 0 Å². The molecule has 0 aliphatic rings. The average molecular weight is 305 g/mol. The molecule has 0 saturated carbocycles. The molecule has 3 nitrogen and oxygen atoms in total. The number of hydrogen-bond donors (Lipinski definition) is 0. The lowest BCUT2D eigenvalue weighted by Crippen LogP contribution is -2.20. The van der Waals surface area contributed by atoms with Gasteiger partial charge in [0.1, 0.15) is 0 Å². The van der Waals surface area contributed by atoms with Crippen LogP contribution in [-0.2, 0) is 16.2 Å². The van der Waals surface area contributed by atoms with E-state index < -0.39 is 27.3 Å². The SMILES string of the molecule is O=S(=O)(N=Cc1ccc(C(F)(F)F)cc1)C(F)(F)F. The van der Waals surface area contributed by atoms with Gasteiger partial charge in [0.15, 0.2) is 0 Å². The maximum atomic E-state index is 12.2. The Morgan fingerprint density at radius 2 is 1.42 bits per heavy atom. The summed E-state index contributed by atoms with van der Waals surface area (Å²) in [6.07, 6.45) is -4.27. The number of nitrogens with zero attached hydrogens (tertiary/aromatic N) is 1. The van der Waals surface area contributed by atoms with Gasteiger partial charge in [0.2, 0.25) is 0 Å². The lowest BCUT2D eigenvalue weighted by molar-refractivity contribution is -0.137. The smallest absolute Gasteiger partial charge is 0.195 e. The summed E-state index contributed by atoms with van der Waals surface area (Å²) in [5, 5.41) is 0. The molecule has 0 heterocycles. The number of hydrogen-bond acceptors (Lipinski definition) is 2. The number of benzene rings is 1. The van der Waals surface area contributed by atoms with Crippen LogP contribution >= 0.6 is 0 Å². The van der Waals surface area contributed by atoms with Crippen LogP contribution in [0.15, 0.2) is 28.7 Å². The van der Waals surface area contributed by atoms with Crippen LogP contribution in [0.4, 0.5) is 26.3 Å². The van der Waals surface area contributed by atoms with Crippen LogP contribution in [0.3, 0.4) is 0 Å². The van der Waals surface area contributed by atoms with Crippen molar-refractivity contribution in [3.63, 3.8) is 0 Å². The molecule has 10 heteroatoms. The first-order chi connectivity index (χ1) is 8.43. The second-order valence-electron chi connectivity index (χ2n) is 3.28. The molecule has 1 rings (SSSR count). The molecule has 1 aromatic carbocycles. The standard InChI is InChI=1S/C9H5F6NO2S/c10-8(11,12)7-3-1-6(2-4-7)5-16-19(17,18)9(13,14)15/h1-5H. The summed E-state index contributed by atoms with van der Waals surface area (Å²) >= 11 is 0. The predicted molar refractivity (Wildman–Crippen MR) is 54.0 cm³/mol. The van der Waals surface area contributed by atoms with Crippen molar-refractivity contribution < 1.29 is 34.8 Å². The van der Waals surface area contributed by atoms with Crippen molar-refractivity contribution in [3.05, 3.63) is 35.4 Å². The number of sulfonamides is 1. The molecule has 106 valence electrons. The molecule has 0 bridgehead atoms. The third-order valence-electron chi connectivity index (χ3n) is 1.87. The first-order valence-electron chi connectivity index (χ1n) is 4.47. The van der Waals surface area contributed by atoms with E-state index >= 15 is 0 Å². The van der Waals surface area contributed by atoms with E-state index in [4.69, 9.17) is 0 Å². The Labute approximate surface area is 103 Å². The van der Waals surface area contributed by atoms with Crippen LogP contribution in [-0.4, -0.2) is 20.1 Å². The molecule has 0 radical (unpaired) electrons. The normalized spacial score (nSPS) is 14.0. The Bertz CT molecular complexity index is 570. The van der Waals surface area contributed by atoms with E-state index in [1.807, 2.05) is 0 Å². The van der Waals surface area contributed by atoms with E-state index in [0.717, 1.165) is 12.1 Å². The first-order valence-corrected chi connectivity index (χ1v) is 5.91. The fraction of sp³-hybridized carbons (Fsp3) is 0.222. The van der Waals surface area contributed by atoms with Crippen LogP contribution in [0.5, 0.6) is 0 Å². The Morgan fingerprint density at radius 3 is 1.79 bits per heavy atom. The number of alkyl halides is 6. The minimum Gasteiger partial charge on any atom is -0.195 e. The molecule has 0 saturated heterocycles. The lowest BCUT2D eigenvalue weighted by Gasteiger charge is -2.06. The van der Waals surface area contributed by atoms with E-state index in [1.165, 1.54) is 0 Å². The summed E-state index contributed by atoms with van der Waals surface area (Å²) < 4.78 is 95.7. The summed E-state index contributed by atoms with van der Waals surface area (Å²) in [6, 6.07) is 2.81. The van der Waals surface area contributed by atoms with Gasteiger partial charge in [-0.1, -0.05) is 12.1 Å². The quantitative estimate of drug-likeness (QED) is 0.623. The van der Waals surface area contributed by atoms with E-state index in [2.05, 4.69) is 4.40 Å². The number of halogens is 6. The zero-order chi connectivity index (χ0) is 14.9. The summed E-state index contributed by atoms with van der Waals surface area (Å²) in [6.45, 7) is 0. The summed E-state index contributed by atoms with van der Waals surface area (Å²) in [4.78, 5) is 0. The molecule has 0 amide bonds. The molecule has 1 aromatic rings. The van der Waals surface area contributed by atoms with E-state index in [9.17, 15) is 34.8 Å². The minimum atomic E-state index is -5.69. The van der Waals surface area contributed by atoms with Gasteiger partial charge in [-0.15, -0.1) is 0 Å². The highest BCUT2D eigenvalue weighted by molar-refractivity contribution is 7.91. The highest BCUT2D eigenvalue weighted by Crippen LogP contribution is 2.29. The molecule has 0 atom stereocenters. The fourth-order valence-electron chi connectivity index (χ4n) is 0.948. The van der Waals surface area contributed by atoms with Crippen molar-refractivity contribution in [1.29, 1.82) is 0 Å². The van der Waals surface area contributed by atoms with Gasteiger partial charge < -0.3 is 0 Å². The Morgan fingerprint density at radius 1 is 0.947 bits per heavy atom. The minimum absolute atomic E-state index is 0.208. The Balaban J connectivity index is 2.97. The van der Waals surface area contributed by atoms with Crippen molar-refractivity contribution in [2.24, 2.45) is 4.40 Å². The lowest BCUT2D eigenvalue weighted by atomic mass is 10.1. The number of rotatable bonds is 2. The van der Waals surface area contributed by atoms with Crippen LogP contribution < -0.4 is 0 Å². The molecule has 0 aliphatic heterocycles. The average Bonchev–Trinajstić information content (AvgIpc) is 2.24. The molecular weight excluding hydrogens is 300 g/mol. The third-order valence-corrected chi connectivity index (χ3v) is 2.84. The van der Waals surface area contributed by atoms with Crippen molar-refractivity contribution in [3.8, 4) is 0 Å². The zero-order valence-electron chi connectivity index (χ0n) is 8.83. The third kappa shape index (κ3) is 3.94. The maximum absolute atomic E-state index is 12.2. The highest BCUT2D eigenvalue weighted by atomic mass is 32.2. The van der Waals surface area contributed by atoms with E-state index in [0.29, 0.717) is 18.3 Å². The first kappa shape index (κ1) is 15.5. The van der Waals surface area contributed by atoms with Crippen molar-refractivity contribution in [2.45, 2.75) is 11.7 Å².